The molecule has 0 amide bonds. The van der Waals surface area contributed by atoms with E-state index in [2.05, 4.69) is 17.0 Å². The van der Waals surface area contributed by atoms with E-state index in [1.807, 2.05) is 78.9 Å². The van der Waals surface area contributed by atoms with Gasteiger partial charge in [0.2, 0.25) is 0 Å². The Morgan fingerprint density at radius 1 is 0.606 bits per heavy atom. The molecule has 1 unspecified atom stereocenters. The van der Waals surface area contributed by atoms with Gasteiger partial charge in [0.05, 0.1) is 0 Å². The van der Waals surface area contributed by atoms with Gasteiger partial charge in [-0.1, -0.05) is 104 Å². The second-order valence-electron chi connectivity index (χ2n) is 9.50. The number of ketones is 2. The topological polar surface area (TPSA) is 37.4 Å². The zero-order valence-electron chi connectivity index (χ0n) is 19.0. The number of Topliss-reactive ketones (excluding diaryl/α,β-unsaturated/α-hetero) is 2. The molecule has 1 aliphatic carbocycles. The van der Waals surface area contributed by atoms with Crippen molar-refractivity contribution >= 4 is 11.6 Å². The summed E-state index contributed by atoms with van der Waals surface area (Å²) in [5.41, 5.74) is 2.57. The van der Waals surface area contributed by atoms with Crippen LogP contribution >= 0.6 is 0 Å². The summed E-state index contributed by atoms with van der Waals surface area (Å²) < 4.78 is 0. The van der Waals surface area contributed by atoms with Crippen molar-refractivity contribution in [3.05, 3.63) is 108 Å². The predicted molar refractivity (Wildman–Crippen MR) is 132 cm³/mol. The summed E-state index contributed by atoms with van der Waals surface area (Å²) in [5.74, 6) is -0.330. The molecule has 33 heavy (non-hydrogen) atoms. The van der Waals surface area contributed by atoms with Gasteiger partial charge < -0.3 is 0 Å². The SMILES string of the molecule is O=C(c1ccccc1)[C@H]1CN(C2CCCC2)C[C@@H](C(=O)c2ccccc2)C1c1ccccc1. The van der Waals surface area contributed by atoms with Crippen LogP contribution < -0.4 is 0 Å². The van der Waals surface area contributed by atoms with E-state index in [1.165, 1.54) is 12.8 Å². The molecule has 3 aromatic carbocycles. The number of piperidine rings is 1. The van der Waals surface area contributed by atoms with Crippen LogP contribution in [0, 0.1) is 11.8 Å². The van der Waals surface area contributed by atoms with Gasteiger partial charge >= 0.3 is 0 Å². The van der Waals surface area contributed by atoms with Crippen molar-refractivity contribution in [2.45, 2.75) is 37.6 Å². The first-order valence-corrected chi connectivity index (χ1v) is 12.2. The number of hydrogen-bond donors (Lipinski definition) is 0. The summed E-state index contributed by atoms with van der Waals surface area (Å²) >= 11 is 0. The first-order chi connectivity index (χ1) is 16.2. The molecule has 0 bridgehead atoms. The molecular weight excluding hydrogens is 406 g/mol. The quantitative estimate of drug-likeness (QED) is 0.442. The highest BCUT2D eigenvalue weighted by Crippen LogP contribution is 2.42. The molecule has 2 fully saturated rings. The monoisotopic (exact) mass is 437 g/mol. The van der Waals surface area contributed by atoms with Crippen LogP contribution in [-0.4, -0.2) is 35.6 Å². The lowest BCUT2D eigenvalue weighted by molar-refractivity contribution is 0.0461. The average Bonchev–Trinajstić information content (AvgIpc) is 3.44. The second-order valence-corrected chi connectivity index (χ2v) is 9.50. The lowest BCUT2D eigenvalue weighted by Gasteiger charge is -2.45. The molecule has 0 radical (unpaired) electrons. The lowest BCUT2D eigenvalue weighted by atomic mass is 9.68. The number of nitrogens with zero attached hydrogens (tertiary/aromatic N) is 1. The van der Waals surface area contributed by atoms with Crippen LogP contribution in [0.15, 0.2) is 91.0 Å². The summed E-state index contributed by atoms with van der Waals surface area (Å²) in [5, 5.41) is 0. The van der Waals surface area contributed by atoms with Crippen molar-refractivity contribution in [3.8, 4) is 0 Å². The van der Waals surface area contributed by atoms with Gasteiger partial charge in [0.1, 0.15) is 0 Å². The number of benzene rings is 3. The number of hydrogen-bond acceptors (Lipinski definition) is 3. The van der Waals surface area contributed by atoms with Crippen LogP contribution in [0.4, 0.5) is 0 Å². The van der Waals surface area contributed by atoms with Crippen LogP contribution in [0.2, 0.25) is 0 Å². The van der Waals surface area contributed by atoms with Crippen molar-refractivity contribution in [1.29, 1.82) is 0 Å². The largest absolute Gasteiger partial charge is 0.299 e. The first-order valence-electron chi connectivity index (χ1n) is 12.2. The Hall–Kier alpha value is -3.04. The van der Waals surface area contributed by atoms with Crippen LogP contribution in [0.25, 0.3) is 0 Å². The second kappa shape index (κ2) is 9.84. The van der Waals surface area contributed by atoms with E-state index in [0.717, 1.165) is 42.6 Å². The molecule has 3 atom stereocenters. The molecule has 1 saturated heterocycles. The highest BCUT2D eigenvalue weighted by atomic mass is 16.1. The molecule has 3 aromatic rings. The van der Waals surface area contributed by atoms with E-state index < -0.39 is 0 Å². The van der Waals surface area contributed by atoms with E-state index in [1.54, 1.807) is 0 Å². The van der Waals surface area contributed by atoms with Crippen molar-refractivity contribution in [2.75, 3.05) is 13.1 Å². The summed E-state index contributed by atoms with van der Waals surface area (Å²) in [4.78, 5) is 30.3. The van der Waals surface area contributed by atoms with E-state index in [4.69, 9.17) is 0 Å². The van der Waals surface area contributed by atoms with Crippen molar-refractivity contribution in [3.63, 3.8) is 0 Å². The Morgan fingerprint density at radius 2 is 1.03 bits per heavy atom. The minimum atomic E-state index is -0.248. The Bertz CT molecular complexity index is 1010. The van der Waals surface area contributed by atoms with Crippen molar-refractivity contribution in [2.24, 2.45) is 11.8 Å². The fourth-order valence-electron chi connectivity index (χ4n) is 5.92. The molecule has 2 aliphatic rings. The molecule has 0 N–H and O–H groups in total. The Morgan fingerprint density at radius 3 is 1.48 bits per heavy atom. The molecule has 1 heterocycles. The molecule has 1 saturated carbocycles. The standard InChI is InChI=1S/C30H31NO2/c32-29(23-14-6-2-7-15-23)26-20-31(25-18-10-11-19-25)21-27(28(26)22-12-4-1-5-13-22)30(33)24-16-8-3-9-17-24/h1-9,12-17,25-28H,10-11,18-21H2/t26-,27+,28?. The highest BCUT2D eigenvalue weighted by Gasteiger charge is 2.46. The average molecular weight is 438 g/mol. The zero-order valence-corrected chi connectivity index (χ0v) is 19.0. The zero-order chi connectivity index (χ0) is 22.6. The molecule has 3 nitrogen and oxygen atoms in total. The van der Waals surface area contributed by atoms with Gasteiger partial charge in [0.25, 0.3) is 0 Å². The third-order valence-electron chi connectivity index (χ3n) is 7.55. The number of carbonyl (C=O) groups excluding carboxylic acids is 2. The number of rotatable bonds is 6. The molecule has 5 rings (SSSR count). The third-order valence-corrected chi connectivity index (χ3v) is 7.55. The third kappa shape index (κ3) is 4.56. The number of likely N-dealkylation sites (tertiary alicyclic amines) is 1. The maximum atomic E-state index is 13.9. The normalized spacial score (nSPS) is 23.9. The van der Waals surface area contributed by atoms with Crippen molar-refractivity contribution < 1.29 is 9.59 Å². The fraction of sp³-hybridized carbons (Fsp3) is 0.333. The maximum absolute atomic E-state index is 13.9. The van der Waals surface area contributed by atoms with Crippen LogP contribution in [-0.2, 0) is 0 Å². The van der Waals surface area contributed by atoms with E-state index in [-0.39, 0.29) is 29.3 Å². The van der Waals surface area contributed by atoms with Gasteiger partial charge in [0, 0.05) is 48.0 Å². The summed E-state index contributed by atoms with van der Waals surface area (Å²) in [6, 6.07) is 29.9. The fourth-order valence-corrected chi connectivity index (χ4v) is 5.92. The first kappa shape index (κ1) is 21.8. The summed E-state index contributed by atoms with van der Waals surface area (Å²) in [7, 11) is 0. The number of carbonyl (C=O) groups is 2. The summed E-state index contributed by atoms with van der Waals surface area (Å²) in [6.07, 6.45) is 4.79. The van der Waals surface area contributed by atoms with Crippen molar-refractivity contribution in [1.82, 2.24) is 4.90 Å². The smallest absolute Gasteiger partial charge is 0.167 e. The van der Waals surface area contributed by atoms with Gasteiger partial charge in [0.15, 0.2) is 11.6 Å². The van der Waals surface area contributed by atoms with E-state index >= 15 is 0 Å². The van der Waals surface area contributed by atoms with E-state index in [9.17, 15) is 9.59 Å². The maximum Gasteiger partial charge on any atom is 0.167 e. The Kier molecular flexibility index (Phi) is 6.50. The Labute approximate surface area is 196 Å². The van der Waals surface area contributed by atoms with Crippen LogP contribution in [0.1, 0.15) is 57.9 Å². The predicted octanol–water partition coefficient (Wildman–Crippen LogP) is 6.03. The molecule has 3 heteroatoms. The molecule has 1 aliphatic heterocycles. The van der Waals surface area contributed by atoms with Crippen LogP contribution in [0.3, 0.4) is 0 Å². The minimum absolute atomic E-state index is 0.135. The van der Waals surface area contributed by atoms with Gasteiger partial charge in [-0.05, 0) is 18.4 Å². The highest BCUT2D eigenvalue weighted by molar-refractivity contribution is 6.02. The summed E-state index contributed by atoms with van der Waals surface area (Å²) in [6.45, 7) is 1.44. The van der Waals surface area contributed by atoms with Gasteiger partial charge in [-0.3, -0.25) is 14.5 Å². The van der Waals surface area contributed by atoms with Crippen LogP contribution in [0.5, 0.6) is 0 Å². The van der Waals surface area contributed by atoms with E-state index in [0.29, 0.717) is 6.04 Å². The van der Waals surface area contributed by atoms with Gasteiger partial charge in [-0.25, -0.2) is 0 Å². The molecule has 0 aromatic heterocycles. The molecular formula is C30H31NO2. The minimum Gasteiger partial charge on any atom is -0.299 e. The van der Waals surface area contributed by atoms with Gasteiger partial charge in [-0.2, -0.15) is 0 Å². The lowest BCUT2D eigenvalue weighted by Crippen LogP contribution is -2.53. The molecule has 168 valence electrons. The molecule has 0 spiro atoms. The van der Waals surface area contributed by atoms with Gasteiger partial charge in [-0.15, -0.1) is 0 Å². The Balaban J connectivity index is 1.58.